The molecule has 2 aliphatic heterocycles. The molecule has 0 bridgehead atoms. The van der Waals surface area contributed by atoms with Crippen LogP contribution in [-0.2, 0) is 4.74 Å². The number of carbonyl (C=O) groups excluding carboxylic acids is 1. The summed E-state index contributed by atoms with van der Waals surface area (Å²) in [4.78, 5) is 20.2. The quantitative estimate of drug-likeness (QED) is 0.817. The van der Waals surface area contributed by atoms with E-state index in [1.54, 1.807) is 18.3 Å². The van der Waals surface area contributed by atoms with E-state index in [2.05, 4.69) is 21.7 Å². The van der Waals surface area contributed by atoms with Crippen molar-refractivity contribution in [1.29, 1.82) is 0 Å². The van der Waals surface area contributed by atoms with E-state index in [0.29, 0.717) is 11.8 Å². The highest BCUT2D eigenvalue weighted by Crippen LogP contribution is 2.19. The van der Waals surface area contributed by atoms with Crippen molar-refractivity contribution in [2.24, 2.45) is 5.73 Å². The molecule has 3 heterocycles. The molecule has 1 amide bonds. The predicted molar refractivity (Wildman–Crippen MR) is 94.7 cm³/mol. The first kappa shape index (κ1) is 18.1. The highest BCUT2D eigenvalue weighted by molar-refractivity contribution is 5.91. The average molecular weight is 348 g/mol. The third kappa shape index (κ3) is 5.14. The summed E-state index contributed by atoms with van der Waals surface area (Å²) in [5.41, 5.74) is 5.51. The number of likely N-dealkylation sites (tertiary alicyclic amines) is 1. The Morgan fingerprint density at radius 2 is 2.16 bits per heavy atom. The monoisotopic (exact) mass is 348 g/mol. The molecule has 0 radical (unpaired) electrons. The summed E-state index contributed by atoms with van der Waals surface area (Å²) >= 11 is 0. The van der Waals surface area contributed by atoms with Crippen molar-refractivity contribution in [3.05, 3.63) is 24.0 Å². The van der Waals surface area contributed by atoms with E-state index in [1.165, 1.54) is 0 Å². The van der Waals surface area contributed by atoms with Crippen molar-refractivity contribution >= 4 is 5.91 Å². The molecule has 1 aromatic heterocycles. The number of primary amides is 1. The van der Waals surface area contributed by atoms with Crippen molar-refractivity contribution in [2.75, 3.05) is 45.9 Å². The molecule has 2 fully saturated rings. The first-order valence-corrected chi connectivity index (χ1v) is 9.08. The minimum absolute atomic E-state index is 0.182. The number of hydrogen-bond donors (Lipinski definition) is 1. The van der Waals surface area contributed by atoms with Crippen LogP contribution < -0.4 is 10.5 Å². The Labute approximate surface area is 149 Å². The Hall–Kier alpha value is -1.70. The molecule has 0 spiro atoms. The Morgan fingerprint density at radius 1 is 1.36 bits per heavy atom. The lowest BCUT2D eigenvalue weighted by Crippen LogP contribution is -2.48. The van der Waals surface area contributed by atoms with E-state index < -0.39 is 5.91 Å². The third-order valence-electron chi connectivity index (χ3n) is 5.03. The summed E-state index contributed by atoms with van der Waals surface area (Å²) in [7, 11) is 0. The number of hydrogen-bond acceptors (Lipinski definition) is 6. The Bertz CT molecular complexity index is 575. The fourth-order valence-electron chi connectivity index (χ4n) is 3.43. The summed E-state index contributed by atoms with van der Waals surface area (Å²) in [6.07, 6.45) is 3.73. The first-order valence-electron chi connectivity index (χ1n) is 9.08. The van der Waals surface area contributed by atoms with E-state index in [1.807, 2.05) is 0 Å². The molecule has 1 unspecified atom stereocenters. The maximum Gasteiger partial charge on any atom is 0.267 e. The number of aromatic nitrogens is 1. The van der Waals surface area contributed by atoms with Crippen molar-refractivity contribution in [1.82, 2.24) is 14.8 Å². The van der Waals surface area contributed by atoms with E-state index in [9.17, 15) is 4.79 Å². The summed E-state index contributed by atoms with van der Waals surface area (Å²) in [6, 6.07) is 3.91. The lowest BCUT2D eigenvalue weighted by Gasteiger charge is -2.37. The van der Waals surface area contributed by atoms with Crippen LogP contribution in [0.25, 0.3) is 0 Å². The van der Waals surface area contributed by atoms with E-state index in [4.69, 9.17) is 15.2 Å². The van der Waals surface area contributed by atoms with Gasteiger partial charge in [-0.15, -0.1) is 0 Å². The molecule has 7 nitrogen and oxygen atoms in total. The van der Waals surface area contributed by atoms with Crippen LogP contribution in [0.5, 0.6) is 5.75 Å². The molecular weight excluding hydrogens is 320 g/mol. The molecule has 138 valence electrons. The zero-order valence-corrected chi connectivity index (χ0v) is 14.9. The molecule has 3 rings (SSSR count). The van der Waals surface area contributed by atoms with Crippen LogP contribution in [0.15, 0.2) is 18.3 Å². The summed E-state index contributed by atoms with van der Waals surface area (Å²) in [5, 5.41) is 0. The maximum atomic E-state index is 11.2. The van der Waals surface area contributed by atoms with Crippen LogP contribution in [0, 0.1) is 0 Å². The van der Waals surface area contributed by atoms with E-state index in [0.717, 1.165) is 58.8 Å². The minimum Gasteiger partial charge on any atom is -0.490 e. The van der Waals surface area contributed by atoms with Crippen molar-refractivity contribution in [2.45, 2.75) is 31.9 Å². The topological polar surface area (TPSA) is 80.9 Å². The molecule has 2 saturated heterocycles. The molecule has 1 aromatic rings. The molecular formula is C18H28N4O3. The van der Waals surface area contributed by atoms with Gasteiger partial charge in [-0.2, -0.15) is 0 Å². The van der Waals surface area contributed by atoms with E-state index in [-0.39, 0.29) is 11.8 Å². The van der Waals surface area contributed by atoms with Gasteiger partial charge in [0, 0.05) is 51.0 Å². The van der Waals surface area contributed by atoms with Gasteiger partial charge >= 0.3 is 0 Å². The summed E-state index contributed by atoms with van der Waals surface area (Å²) < 4.78 is 11.5. The number of ether oxygens (including phenoxy) is 2. The van der Waals surface area contributed by atoms with Gasteiger partial charge in [0.2, 0.25) is 0 Å². The number of nitrogens with zero attached hydrogens (tertiary/aromatic N) is 3. The molecule has 0 saturated carbocycles. The average Bonchev–Trinajstić information content (AvgIpc) is 2.62. The van der Waals surface area contributed by atoms with Gasteiger partial charge in [0.1, 0.15) is 17.5 Å². The second kappa shape index (κ2) is 8.60. The van der Waals surface area contributed by atoms with Crippen LogP contribution >= 0.6 is 0 Å². The smallest absolute Gasteiger partial charge is 0.267 e. The van der Waals surface area contributed by atoms with Gasteiger partial charge in [0.15, 0.2) is 0 Å². The number of morpholine rings is 1. The first-order chi connectivity index (χ1) is 12.1. The number of rotatable bonds is 6. The molecule has 1 atom stereocenters. The Balaban J connectivity index is 1.41. The van der Waals surface area contributed by atoms with Crippen LogP contribution in [0.1, 0.15) is 30.3 Å². The van der Waals surface area contributed by atoms with Crippen LogP contribution in [0.4, 0.5) is 0 Å². The largest absolute Gasteiger partial charge is 0.490 e. The Kier molecular flexibility index (Phi) is 6.23. The summed E-state index contributed by atoms with van der Waals surface area (Å²) in [6.45, 7) is 9.22. The van der Waals surface area contributed by atoms with Crippen LogP contribution in [-0.4, -0.2) is 78.8 Å². The van der Waals surface area contributed by atoms with Crippen LogP contribution in [0.3, 0.4) is 0 Å². The minimum atomic E-state index is -0.530. The van der Waals surface area contributed by atoms with Crippen LogP contribution in [0.2, 0.25) is 0 Å². The number of pyridine rings is 1. The predicted octanol–water partition coefficient (Wildman–Crippen LogP) is 0.744. The van der Waals surface area contributed by atoms with E-state index >= 15 is 0 Å². The second-order valence-electron chi connectivity index (χ2n) is 6.86. The zero-order chi connectivity index (χ0) is 17.6. The molecule has 0 aliphatic carbocycles. The van der Waals surface area contributed by atoms with Crippen molar-refractivity contribution in [3.8, 4) is 5.75 Å². The normalized spacial score (nSPS) is 23.5. The highest BCUT2D eigenvalue weighted by Gasteiger charge is 2.23. The van der Waals surface area contributed by atoms with Gasteiger partial charge in [-0.1, -0.05) is 0 Å². The zero-order valence-electron chi connectivity index (χ0n) is 14.9. The lowest BCUT2D eigenvalue weighted by molar-refractivity contribution is -0.00643. The Morgan fingerprint density at radius 3 is 2.88 bits per heavy atom. The fraction of sp³-hybridized carbons (Fsp3) is 0.667. The number of nitrogens with two attached hydrogens (primary N) is 1. The molecule has 0 aromatic carbocycles. The molecule has 7 heteroatoms. The standard InChI is InChI=1S/C18H28N4O3/c1-14-13-24-11-10-22(14)9-8-21-6-3-15(4-7-21)25-16-2-5-20-17(12-16)18(19)23/h2,5,12,14-15H,3-4,6-11,13H2,1H3,(H2,19,23). The lowest BCUT2D eigenvalue weighted by atomic mass is 10.1. The second-order valence-corrected chi connectivity index (χ2v) is 6.86. The van der Waals surface area contributed by atoms with Crippen molar-refractivity contribution < 1.29 is 14.3 Å². The molecule has 2 N–H and O–H groups in total. The number of carbonyl (C=O) groups is 1. The van der Waals surface area contributed by atoms with Gasteiger partial charge in [-0.25, -0.2) is 0 Å². The fourth-order valence-corrected chi connectivity index (χ4v) is 3.43. The van der Waals surface area contributed by atoms with Gasteiger partial charge in [-0.05, 0) is 25.8 Å². The maximum absolute atomic E-state index is 11.2. The molecule has 2 aliphatic rings. The highest BCUT2D eigenvalue weighted by atomic mass is 16.5. The number of piperidine rings is 1. The third-order valence-corrected chi connectivity index (χ3v) is 5.03. The van der Waals surface area contributed by atoms with Gasteiger partial charge in [-0.3, -0.25) is 14.7 Å². The van der Waals surface area contributed by atoms with Gasteiger partial charge in [0.05, 0.1) is 13.2 Å². The van der Waals surface area contributed by atoms with Crippen molar-refractivity contribution in [3.63, 3.8) is 0 Å². The summed E-state index contributed by atoms with van der Waals surface area (Å²) in [5.74, 6) is 0.141. The van der Waals surface area contributed by atoms with Gasteiger partial charge < -0.3 is 20.1 Å². The molecule has 25 heavy (non-hydrogen) atoms. The van der Waals surface area contributed by atoms with Gasteiger partial charge in [0.25, 0.3) is 5.91 Å². The number of amides is 1. The SMILES string of the molecule is CC1COCCN1CCN1CCC(Oc2ccnc(C(N)=O)c2)CC1.